The molecule has 0 aromatic carbocycles. The molecular formula is C14H23NO3. The van der Waals surface area contributed by atoms with Crippen molar-refractivity contribution >= 4 is 11.9 Å². The van der Waals surface area contributed by atoms with E-state index in [0.717, 1.165) is 25.7 Å². The average Bonchev–Trinajstić information content (AvgIpc) is 2.47. The fourth-order valence-corrected chi connectivity index (χ4v) is 3.12. The van der Waals surface area contributed by atoms with Crippen LogP contribution in [0.5, 0.6) is 0 Å². The standard InChI is InChI=1S/C14H23NO3/c1-9(16)10-7-11-5-6-12(8-10)15(11)13(17)18-14(2,3)4/h10-12H,5-8H2,1-4H3. The molecule has 102 valence electrons. The van der Waals surface area contributed by atoms with E-state index in [4.69, 9.17) is 4.74 Å². The number of amides is 1. The zero-order valence-corrected chi connectivity index (χ0v) is 11.7. The van der Waals surface area contributed by atoms with E-state index in [2.05, 4.69) is 0 Å². The maximum Gasteiger partial charge on any atom is 0.410 e. The van der Waals surface area contributed by atoms with Gasteiger partial charge in [-0.3, -0.25) is 4.79 Å². The molecule has 4 nitrogen and oxygen atoms in total. The summed E-state index contributed by atoms with van der Waals surface area (Å²) in [4.78, 5) is 25.5. The second-order valence-corrected chi connectivity index (χ2v) is 6.55. The SMILES string of the molecule is CC(=O)C1CC2CCC(C1)N2C(=O)OC(C)(C)C. The third kappa shape index (κ3) is 2.68. The minimum Gasteiger partial charge on any atom is -0.444 e. The summed E-state index contributed by atoms with van der Waals surface area (Å²) in [5, 5.41) is 0. The number of ketones is 1. The Bertz CT molecular complexity index is 345. The average molecular weight is 253 g/mol. The van der Waals surface area contributed by atoms with Gasteiger partial charge in [-0.2, -0.15) is 0 Å². The van der Waals surface area contributed by atoms with Gasteiger partial charge in [-0.15, -0.1) is 0 Å². The van der Waals surface area contributed by atoms with E-state index in [1.807, 2.05) is 25.7 Å². The molecular weight excluding hydrogens is 230 g/mol. The first-order valence-electron chi connectivity index (χ1n) is 6.79. The number of Topliss-reactive ketones (excluding diaryl/α,β-unsaturated/α-hetero) is 1. The Morgan fingerprint density at radius 2 is 1.61 bits per heavy atom. The van der Waals surface area contributed by atoms with Crippen molar-refractivity contribution in [2.45, 2.75) is 71.1 Å². The van der Waals surface area contributed by atoms with Gasteiger partial charge in [-0.25, -0.2) is 4.79 Å². The Labute approximate surface area is 109 Å². The maximum atomic E-state index is 12.2. The molecule has 2 heterocycles. The molecule has 0 aliphatic carbocycles. The number of piperidine rings is 1. The summed E-state index contributed by atoms with van der Waals surface area (Å²) in [6, 6.07) is 0.403. The minimum atomic E-state index is -0.450. The lowest BCUT2D eigenvalue weighted by atomic mass is 9.88. The third-order valence-corrected chi connectivity index (χ3v) is 3.91. The number of fused-ring (bicyclic) bond motifs is 2. The van der Waals surface area contributed by atoms with E-state index in [-0.39, 0.29) is 29.9 Å². The van der Waals surface area contributed by atoms with Gasteiger partial charge in [0.2, 0.25) is 0 Å². The van der Waals surface area contributed by atoms with Crippen LogP contribution < -0.4 is 0 Å². The van der Waals surface area contributed by atoms with Crippen LogP contribution in [0.25, 0.3) is 0 Å². The van der Waals surface area contributed by atoms with Crippen LogP contribution in [0.1, 0.15) is 53.4 Å². The second-order valence-electron chi connectivity index (χ2n) is 6.55. The third-order valence-electron chi connectivity index (χ3n) is 3.91. The monoisotopic (exact) mass is 253 g/mol. The molecule has 4 heteroatoms. The van der Waals surface area contributed by atoms with Gasteiger partial charge in [0.05, 0.1) is 0 Å². The van der Waals surface area contributed by atoms with E-state index < -0.39 is 5.60 Å². The molecule has 2 fully saturated rings. The van der Waals surface area contributed by atoms with Gasteiger partial charge in [0.1, 0.15) is 11.4 Å². The first-order chi connectivity index (χ1) is 8.28. The fraction of sp³-hybridized carbons (Fsp3) is 0.857. The van der Waals surface area contributed by atoms with Crippen LogP contribution in [-0.2, 0) is 9.53 Å². The summed E-state index contributed by atoms with van der Waals surface area (Å²) < 4.78 is 5.46. The Morgan fingerprint density at radius 3 is 2.00 bits per heavy atom. The smallest absolute Gasteiger partial charge is 0.410 e. The molecule has 0 aromatic rings. The number of rotatable bonds is 1. The molecule has 0 radical (unpaired) electrons. The molecule has 0 N–H and O–H groups in total. The van der Waals surface area contributed by atoms with Crippen LogP contribution >= 0.6 is 0 Å². The highest BCUT2D eigenvalue weighted by atomic mass is 16.6. The van der Waals surface area contributed by atoms with Gasteiger partial charge in [-0.1, -0.05) is 0 Å². The molecule has 2 saturated heterocycles. The van der Waals surface area contributed by atoms with Gasteiger partial charge in [0, 0.05) is 18.0 Å². The van der Waals surface area contributed by atoms with Crippen molar-refractivity contribution in [1.29, 1.82) is 0 Å². The Kier molecular flexibility index (Phi) is 3.39. The summed E-state index contributed by atoms with van der Waals surface area (Å²) in [5.41, 5.74) is -0.450. The Morgan fingerprint density at radius 1 is 1.11 bits per heavy atom. The molecule has 2 unspecified atom stereocenters. The van der Waals surface area contributed by atoms with Crippen molar-refractivity contribution in [2.75, 3.05) is 0 Å². The number of carbonyl (C=O) groups is 2. The van der Waals surface area contributed by atoms with Gasteiger partial charge in [-0.05, 0) is 53.4 Å². The zero-order valence-electron chi connectivity index (χ0n) is 11.7. The summed E-state index contributed by atoms with van der Waals surface area (Å²) >= 11 is 0. The molecule has 1 amide bonds. The minimum absolute atomic E-state index is 0.140. The van der Waals surface area contributed by atoms with Crippen molar-refractivity contribution in [3.8, 4) is 0 Å². The summed E-state index contributed by atoms with van der Waals surface area (Å²) in [6.07, 6.45) is 3.43. The lowest BCUT2D eigenvalue weighted by Gasteiger charge is -2.38. The van der Waals surface area contributed by atoms with Crippen molar-refractivity contribution in [2.24, 2.45) is 5.92 Å². The fourth-order valence-electron chi connectivity index (χ4n) is 3.12. The van der Waals surface area contributed by atoms with Crippen LogP contribution in [0.3, 0.4) is 0 Å². The molecule has 2 bridgehead atoms. The second kappa shape index (κ2) is 4.56. The summed E-state index contributed by atoms with van der Waals surface area (Å²) in [6.45, 7) is 7.31. The van der Waals surface area contributed by atoms with E-state index in [9.17, 15) is 9.59 Å². The summed E-state index contributed by atoms with van der Waals surface area (Å²) in [7, 11) is 0. The summed E-state index contributed by atoms with van der Waals surface area (Å²) in [5.74, 6) is 0.400. The number of hydrogen-bond acceptors (Lipinski definition) is 3. The van der Waals surface area contributed by atoms with E-state index in [1.54, 1.807) is 6.92 Å². The predicted octanol–water partition coefficient (Wildman–Crippen LogP) is 2.75. The number of ether oxygens (including phenoxy) is 1. The molecule has 2 rings (SSSR count). The van der Waals surface area contributed by atoms with Crippen LogP contribution in [0.4, 0.5) is 4.79 Å². The van der Waals surface area contributed by atoms with Gasteiger partial charge in [0.15, 0.2) is 0 Å². The van der Waals surface area contributed by atoms with Crippen molar-refractivity contribution in [3.05, 3.63) is 0 Å². The van der Waals surface area contributed by atoms with Crippen molar-refractivity contribution < 1.29 is 14.3 Å². The first kappa shape index (κ1) is 13.4. The van der Waals surface area contributed by atoms with Crippen LogP contribution in [0.15, 0.2) is 0 Å². The van der Waals surface area contributed by atoms with Crippen LogP contribution in [0, 0.1) is 5.92 Å². The Hall–Kier alpha value is -1.06. The molecule has 0 saturated carbocycles. The predicted molar refractivity (Wildman–Crippen MR) is 68.3 cm³/mol. The van der Waals surface area contributed by atoms with Crippen molar-refractivity contribution in [3.63, 3.8) is 0 Å². The maximum absolute atomic E-state index is 12.2. The number of carbonyl (C=O) groups excluding carboxylic acids is 2. The molecule has 2 aliphatic heterocycles. The van der Waals surface area contributed by atoms with Gasteiger partial charge >= 0.3 is 6.09 Å². The number of nitrogens with zero attached hydrogens (tertiary/aromatic N) is 1. The zero-order chi connectivity index (χ0) is 13.5. The number of hydrogen-bond donors (Lipinski definition) is 0. The highest BCUT2D eigenvalue weighted by Gasteiger charge is 2.45. The highest BCUT2D eigenvalue weighted by molar-refractivity contribution is 5.79. The van der Waals surface area contributed by atoms with Crippen LogP contribution in [0.2, 0.25) is 0 Å². The highest BCUT2D eigenvalue weighted by Crippen LogP contribution is 2.39. The normalized spacial score (nSPS) is 31.3. The Balaban J connectivity index is 2.05. The molecule has 18 heavy (non-hydrogen) atoms. The quantitative estimate of drug-likeness (QED) is 0.722. The van der Waals surface area contributed by atoms with Crippen LogP contribution in [-0.4, -0.2) is 34.5 Å². The van der Waals surface area contributed by atoms with Gasteiger partial charge < -0.3 is 9.64 Å². The van der Waals surface area contributed by atoms with Crippen molar-refractivity contribution in [1.82, 2.24) is 4.90 Å². The lowest BCUT2D eigenvalue weighted by Crippen LogP contribution is -2.49. The molecule has 0 aromatic heterocycles. The topological polar surface area (TPSA) is 46.6 Å². The molecule has 2 atom stereocenters. The molecule has 0 spiro atoms. The van der Waals surface area contributed by atoms with Gasteiger partial charge in [0.25, 0.3) is 0 Å². The van der Waals surface area contributed by atoms with E-state index in [0.29, 0.717) is 0 Å². The molecule has 2 aliphatic rings. The largest absolute Gasteiger partial charge is 0.444 e. The lowest BCUT2D eigenvalue weighted by molar-refractivity contribution is -0.123. The first-order valence-corrected chi connectivity index (χ1v) is 6.79. The van der Waals surface area contributed by atoms with E-state index in [1.165, 1.54) is 0 Å². The van der Waals surface area contributed by atoms with E-state index >= 15 is 0 Å².